The predicted molar refractivity (Wildman–Crippen MR) is 64.7 cm³/mol. The molecule has 2 fully saturated rings. The van der Waals surface area contributed by atoms with Gasteiger partial charge in [-0.25, -0.2) is 0 Å². The van der Waals surface area contributed by atoms with E-state index in [1.54, 1.807) is 5.32 Å². The fourth-order valence-corrected chi connectivity index (χ4v) is 2.75. The van der Waals surface area contributed by atoms with Crippen LogP contribution in [0.1, 0.15) is 19.3 Å². The number of piperidine rings is 1. The highest BCUT2D eigenvalue weighted by Crippen LogP contribution is 2.58. The first kappa shape index (κ1) is 15.1. The van der Waals surface area contributed by atoms with Crippen LogP contribution in [0.25, 0.3) is 0 Å². The highest BCUT2D eigenvalue weighted by Gasteiger charge is 2.57. The number of halogens is 3. The molecule has 8 heteroatoms. The molecule has 0 bridgehead atoms. The Kier molecular flexibility index (Phi) is 4.22. The zero-order valence-corrected chi connectivity index (χ0v) is 11.0. The number of rotatable bonds is 4. The first-order valence-corrected chi connectivity index (χ1v) is 6.64. The Labute approximate surface area is 114 Å². The molecule has 1 spiro atoms. The second kappa shape index (κ2) is 5.59. The van der Waals surface area contributed by atoms with Gasteiger partial charge in [0.25, 0.3) is 0 Å². The molecule has 1 heterocycles. The van der Waals surface area contributed by atoms with Crippen molar-refractivity contribution in [1.29, 1.82) is 0 Å². The maximum Gasteiger partial charge on any atom is 0.405 e. The minimum Gasteiger partial charge on any atom is -0.347 e. The van der Waals surface area contributed by atoms with Crippen LogP contribution in [0.3, 0.4) is 0 Å². The van der Waals surface area contributed by atoms with Gasteiger partial charge in [-0.15, -0.1) is 0 Å². The van der Waals surface area contributed by atoms with Crippen molar-refractivity contribution in [1.82, 2.24) is 16.0 Å². The van der Waals surface area contributed by atoms with Crippen molar-refractivity contribution in [3.05, 3.63) is 0 Å². The van der Waals surface area contributed by atoms with Gasteiger partial charge in [-0.3, -0.25) is 9.59 Å². The molecule has 1 aliphatic heterocycles. The molecular formula is C12H18F3N3O2. The van der Waals surface area contributed by atoms with Crippen molar-refractivity contribution < 1.29 is 22.8 Å². The number of alkyl halides is 3. The van der Waals surface area contributed by atoms with Gasteiger partial charge in [0.15, 0.2) is 0 Å². The van der Waals surface area contributed by atoms with Gasteiger partial charge in [-0.05, 0) is 37.8 Å². The maximum atomic E-state index is 11.9. The van der Waals surface area contributed by atoms with Crippen LogP contribution in [0.4, 0.5) is 13.2 Å². The van der Waals surface area contributed by atoms with Crippen LogP contribution in [-0.2, 0) is 9.59 Å². The third-order valence-corrected chi connectivity index (χ3v) is 4.01. The van der Waals surface area contributed by atoms with Crippen molar-refractivity contribution in [2.75, 3.05) is 26.2 Å². The smallest absolute Gasteiger partial charge is 0.347 e. The molecule has 1 atom stereocenters. The third-order valence-electron chi connectivity index (χ3n) is 4.01. The van der Waals surface area contributed by atoms with E-state index in [1.165, 1.54) is 0 Å². The number of hydrogen-bond acceptors (Lipinski definition) is 3. The quantitative estimate of drug-likeness (QED) is 0.692. The van der Waals surface area contributed by atoms with Crippen molar-refractivity contribution in [2.45, 2.75) is 25.4 Å². The summed E-state index contributed by atoms with van der Waals surface area (Å²) in [6.45, 7) is -0.00776. The van der Waals surface area contributed by atoms with Crippen molar-refractivity contribution in [3.8, 4) is 0 Å². The molecule has 20 heavy (non-hydrogen) atoms. The molecule has 3 N–H and O–H groups in total. The molecule has 2 amide bonds. The van der Waals surface area contributed by atoms with Crippen LogP contribution < -0.4 is 16.0 Å². The van der Waals surface area contributed by atoms with Crippen molar-refractivity contribution in [3.63, 3.8) is 0 Å². The summed E-state index contributed by atoms with van der Waals surface area (Å²) >= 11 is 0. The van der Waals surface area contributed by atoms with E-state index in [0.717, 1.165) is 32.4 Å². The molecule has 2 rings (SSSR count). The summed E-state index contributed by atoms with van der Waals surface area (Å²) in [5.74, 6) is -1.15. The van der Waals surface area contributed by atoms with Crippen molar-refractivity contribution in [2.24, 2.45) is 11.3 Å². The first-order valence-electron chi connectivity index (χ1n) is 6.64. The number of carbonyl (C=O) groups excluding carboxylic acids is 2. The Morgan fingerprint density at radius 1 is 1.20 bits per heavy atom. The molecular weight excluding hydrogens is 275 g/mol. The first-order chi connectivity index (χ1) is 9.32. The highest BCUT2D eigenvalue weighted by atomic mass is 19.4. The average Bonchev–Trinajstić information content (AvgIpc) is 3.07. The minimum atomic E-state index is -4.44. The summed E-state index contributed by atoms with van der Waals surface area (Å²) in [4.78, 5) is 23.0. The molecule has 1 saturated heterocycles. The predicted octanol–water partition coefficient (Wildman–Crippen LogP) is 0.171. The van der Waals surface area contributed by atoms with Gasteiger partial charge in [0, 0.05) is 5.92 Å². The Balaban J connectivity index is 1.67. The summed E-state index contributed by atoms with van der Waals surface area (Å²) in [6, 6.07) is 0. The molecule has 1 aliphatic carbocycles. The van der Waals surface area contributed by atoms with E-state index >= 15 is 0 Å². The largest absolute Gasteiger partial charge is 0.405 e. The maximum absolute atomic E-state index is 11.9. The van der Waals surface area contributed by atoms with E-state index in [-0.39, 0.29) is 17.2 Å². The van der Waals surface area contributed by atoms with Gasteiger partial charge in [-0.2, -0.15) is 13.2 Å². The zero-order chi connectivity index (χ0) is 14.8. The second-order valence-corrected chi connectivity index (χ2v) is 5.48. The fourth-order valence-electron chi connectivity index (χ4n) is 2.75. The van der Waals surface area contributed by atoms with E-state index in [2.05, 4.69) is 10.6 Å². The van der Waals surface area contributed by atoms with Crippen LogP contribution in [0.15, 0.2) is 0 Å². The molecule has 1 saturated carbocycles. The lowest BCUT2D eigenvalue weighted by Gasteiger charge is -2.23. The van der Waals surface area contributed by atoms with E-state index in [1.807, 2.05) is 0 Å². The second-order valence-electron chi connectivity index (χ2n) is 5.48. The topological polar surface area (TPSA) is 70.2 Å². The molecule has 0 aromatic rings. The number of carbonyl (C=O) groups is 2. The molecule has 5 nitrogen and oxygen atoms in total. The monoisotopic (exact) mass is 293 g/mol. The molecule has 0 radical (unpaired) electrons. The lowest BCUT2D eigenvalue weighted by atomic mass is 9.92. The van der Waals surface area contributed by atoms with Crippen molar-refractivity contribution >= 4 is 11.8 Å². The van der Waals surface area contributed by atoms with E-state index in [0.29, 0.717) is 0 Å². The van der Waals surface area contributed by atoms with Crippen LogP contribution in [0, 0.1) is 11.3 Å². The molecule has 0 aromatic heterocycles. The summed E-state index contributed by atoms with van der Waals surface area (Å²) in [6.07, 6.45) is -1.75. The lowest BCUT2D eigenvalue weighted by molar-refractivity contribution is -0.138. The fraction of sp³-hybridized carbons (Fsp3) is 0.833. The van der Waals surface area contributed by atoms with E-state index in [9.17, 15) is 22.8 Å². The zero-order valence-electron chi connectivity index (χ0n) is 11.0. The van der Waals surface area contributed by atoms with Crippen LogP contribution in [0.2, 0.25) is 0 Å². The third kappa shape index (κ3) is 3.84. The van der Waals surface area contributed by atoms with Gasteiger partial charge in [0.05, 0.1) is 6.54 Å². The van der Waals surface area contributed by atoms with E-state index < -0.39 is 25.2 Å². The van der Waals surface area contributed by atoms with Gasteiger partial charge in [0.1, 0.15) is 6.54 Å². The molecule has 1 unspecified atom stereocenters. The number of amides is 2. The SMILES string of the molecule is O=C(CNC(=O)C1CC12CCNCC2)NCC(F)(F)F. The van der Waals surface area contributed by atoms with Crippen LogP contribution in [-0.4, -0.2) is 44.2 Å². The highest BCUT2D eigenvalue weighted by molar-refractivity contribution is 5.87. The van der Waals surface area contributed by atoms with Gasteiger partial charge < -0.3 is 16.0 Å². The van der Waals surface area contributed by atoms with E-state index in [4.69, 9.17) is 0 Å². The van der Waals surface area contributed by atoms with Gasteiger partial charge in [0.2, 0.25) is 11.8 Å². The summed E-state index contributed by atoms with van der Waals surface area (Å²) in [5.41, 5.74) is 0.0534. The standard InChI is InChI=1S/C12H18F3N3O2/c13-12(14,15)7-18-9(19)6-17-10(20)8-5-11(8)1-3-16-4-2-11/h8,16H,1-7H2,(H,17,20)(H,18,19). The Morgan fingerprint density at radius 3 is 2.45 bits per heavy atom. The molecule has 2 aliphatic rings. The normalized spacial score (nSPS) is 24.2. The molecule has 114 valence electrons. The minimum absolute atomic E-state index is 0.0534. The Morgan fingerprint density at radius 2 is 1.85 bits per heavy atom. The van der Waals surface area contributed by atoms with Gasteiger partial charge in [-0.1, -0.05) is 0 Å². The summed E-state index contributed by atoms with van der Waals surface area (Å²) in [5, 5.41) is 7.35. The Bertz CT molecular complexity index is 392. The summed E-state index contributed by atoms with van der Waals surface area (Å²) < 4.78 is 35.7. The lowest BCUT2D eigenvalue weighted by Crippen LogP contribution is -2.42. The molecule has 0 aromatic carbocycles. The number of hydrogen-bond donors (Lipinski definition) is 3. The number of nitrogens with one attached hydrogen (secondary N) is 3. The van der Waals surface area contributed by atoms with Crippen LogP contribution in [0.5, 0.6) is 0 Å². The Hall–Kier alpha value is -1.31. The van der Waals surface area contributed by atoms with Crippen LogP contribution >= 0.6 is 0 Å². The average molecular weight is 293 g/mol. The van der Waals surface area contributed by atoms with Gasteiger partial charge >= 0.3 is 6.18 Å². The summed E-state index contributed by atoms with van der Waals surface area (Å²) in [7, 11) is 0.